The second kappa shape index (κ2) is 9.21. The van der Waals surface area contributed by atoms with E-state index >= 15 is 0 Å². The van der Waals surface area contributed by atoms with Crippen LogP contribution in [0, 0.1) is 13.8 Å². The van der Waals surface area contributed by atoms with Crippen molar-refractivity contribution in [2.45, 2.75) is 13.8 Å². The number of carbonyl (C=O) groups is 2. The fraction of sp³-hybridized carbons (Fsp3) is 0.238. The van der Waals surface area contributed by atoms with Crippen LogP contribution in [-0.4, -0.2) is 40.4 Å². The molecule has 0 fully saturated rings. The Bertz CT molecular complexity index is 1280. The van der Waals surface area contributed by atoms with Crippen molar-refractivity contribution < 1.29 is 14.3 Å². The zero-order chi connectivity index (χ0) is 22.0. The lowest BCUT2D eigenvalue weighted by atomic mass is 10.2. The van der Waals surface area contributed by atoms with Gasteiger partial charge in [0.05, 0.1) is 54.8 Å². The molecule has 0 radical (unpaired) electrons. The molecular formula is C21H20N4O3S3. The van der Waals surface area contributed by atoms with Crippen molar-refractivity contribution in [3.8, 4) is 5.75 Å². The molecule has 2 aromatic heterocycles. The lowest BCUT2D eigenvalue weighted by Crippen LogP contribution is -2.18. The molecule has 0 atom stereocenters. The number of hydrogen-bond acceptors (Lipinski definition) is 8. The average Bonchev–Trinajstić information content (AvgIpc) is 3.26. The van der Waals surface area contributed by atoms with Crippen LogP contribution < -0.4 is 15.4 Å². The van der Waals surface area contributed by atoms with E-state index in [4.69, 9.17) is 4.74 Å². The van der Waals surface area contributed by atoms with Gasteiger partial charge in [-0.25, -0.2) is 9.97 Å². The number of aryl methyl sites for hydroxylation is 2. The normalized spacial score (nSPS) is 11.1. The summed E-state index contributed by atoms with van der Waals surface area (Å²) in [4.78, 5) is 33.5. The molecule has 2 heterocycles. The van der Waals surface area contributed by atoms with Gasteiger partial charge < -0.3 is 15.4 Å². The third-order valence-electron chi connectivity index (χ3n) is 4.34. The number of hydrogen-bond donors (Lipinski definition) is 2. The van der Waals surface area contributed by atoms with Gasteiger partial charge in [0, 0.05) is 11.8 Å². The van der Waals surface area contributed by atoms with E-state index in [0.717, 1.165) is 36.1 Å². The quantitative estimate of drug-likeness (QED) is 0.400. The van der Waals surface area contributed by atoms with Crippen molar-refractivity contribution in [2.75, 3.05) is 29.2 Å². The van der Waals surface area contributed by atoms with E-state index in [1.165, 1.54) is 11.8 Å². The average molecular weight is 473 g/mol. The summed E-state index contributed by atoms with van der Waals surface area (Å²) in [5.74, 6) is 0.541. The molecule has 0 spiro atoms. The Morgan fingerprint density at radius 1 is 0.935 bits per heavy atom. The van der Waals surface area contributed by atoms with Gasteiger partial charge in [0.1, 0.15) is 5.75 Å². The smallest absolute Gasteiger partial charge is 0.234 e. The second-order valence-electron chi connectivity index (χ2n) is 6.76. The van der Waals surface area contributed by atoms with Crippen LogP contribution in [0.3, 0.4) is 0 Å². The van der Waals surface area contributed by atoms with Crippen molar-refractivity contribution >= 4 is 78.1 Å². The molecule has 2 amide bonds. The molecule has 0 saturated carbocycles. The molecule has 2 aromatic carbocycles. The number of ether oxygens (including phenoxy) is 1. The Morgan fingerprint density at radius 3 is 2.29 bits per heavy atom. The molecule has 0 bridgehead atoms. The second-order valence-corrected chi connectivity index (χ2v) is 10.2. The van der Waals surface area contributed by atoms with Crippen LogP contribution in [0.2, 0.25) is 0 Å². The Hall–Kier alpha value is -2.69. The van der Waals surface area contributed by atoms with Gasteiger partial charge in [0.25, 0.3) is 0 Å². The number of nitrogens with one attached hydrogen (secondary N) is 2. The number of rotatable bonds is 7. The van der Waals surface area contributed by atoms with Gasteiger partial charge in [0.15, 0.2) is 0 Å². The molecule has 0 aliphatic rings. The fourth-order valence-corrected chi connectivity index (χ4v) is 5.41. The highest BCUT2D eigenvalue weighted by atomic mass is 32.2. The molecule has 0 unspecified atom stereocenters. The summed E-state index contributed by atoms with van der Waals surface area (Å²) >= 11 is 4.40. The molecule has 0 aliphatic heterocycles. The summed E-state index contributed by atoms with van der Waals surface area (Å²) in [5.41, 5.74) is 3.09. The van der Waals surface area contributed by atoms with Crippen LogP contribution in [0.25, 0.3) is 20.4 Å². The summed E-state index contributed by atoms with van der Waals surface area (Å²) in [6.07, 6.45) is 0. The number of benzene rings is 2. The van der Waals surface area contributed by atoms with Crippen molar-refractivity contribution in [3.05, 3.63) is 40.3 Å². The zero-order valence-electron chi connectivity index (χ0n) is 17.1. The molecular weight excluding hydrogens is 452 g/mol. The van der Waals surface area contributed by atoms with Crippen LogP contribution in [0.1, 0.15) is 10.0 Å². The minimum absolute atomic E-state index is 0.155. The maximum absolute atomic E-state index is 12.4. The van der Waals surface area contributed by atoms with Gasteiger partial charge in [-0.1, -0.05) is 0 Å². The molecule has 2 N–H and O–H groups in total. The molecule has 4 rings (SSSR count). The number of fused-ring (bicyclic) bond motifs is 2. The number of amides is 2. The molecule has 31 heavy (non-hydrogen) atoms. The van der Waals surface area contributed by atoms with E-state index in [1.54, 1.807) is 29.8 Å². The van der Waals surface area contributed by atoms with E-state index in [2.05, 4.69) is 20.6 Å². The van der Waals surface area contributed by atoms with Gasteiger partial charge in [0.2, 0.25) is 11.8 Å². The molecule has 0 aliphatic carbocycles. The monoisotopic (exact) mass is 472 g/mol. The molecule has 10 heteroatoms. The Morgan fingerprint density at radius 2 is 1.58 bits per heavy atom. The predicted octanol–water partition coefficient (Wildman–Crippen LogP) is 4.84. The van der Waals surface area contributed by atoms with Crippen molar-refractivity contribution in [2.24, 2.45) is 0 Å². The minimum atomic E-state index is -0.196. The number of aromatic nitrogens is 2. The number of nitrogens with zero attached hydrogens (tertiary/aromatic N) is 2. The number of carbonyl (C=O) groups excluding carboxylic acids is 2. The summed E-state index contributed by atoms with van der Waals surface area (Å²) in [6.45, 7) is 3.89. The van der Waals surface area contributed by atoms with Crippen molar-refractivity contribution in [1.29, 1.82) is 0 Å². The van der Waals surface area contributed by atoms with Crippen molar-refractivity contribution in [3.63, 3.8) is 0 Å². The van der Waals surface area contributed by atoms with Gasteiger partial charge in [-0.2, -0.15) is 0 Å². The van der Waals surface area contributed by atoms with Gasteiger partial charge in [-0.15, -0.1) is 34.4 Å². The van der Waals surface area contributed by atoms with Crippen LogP contribution in [0.15, 0.2) is 30.3 Å². The molecule has 4 aromatic rings. The van der Waals surface area contributed by atoms with Crippen molar-refractivity contribution in [1.82, 2.24) is 9.97 Å². The maximum atomic E-state index is 12.4. The van der Waals surface area contributed by atoms with E-state index in [-0.39, 0.29) is 23.3 Å². The van der Waals surface area contributed by atoms with E-state index in [9.17, 15) is 9.59 Å². The highest BCUT2D eigenvalue weighted by Gasteiger charge is 2.13. The summed E-state index contributed by atoms with van der Waals surface area (Å²) in [7, 11) is 1.56. The van der Waals surface area contributed by atoms with Crippen LogP contribution in [0.4, 0.5) is 11.4 Å². The van der Waals surface area contributed by atoms with Crippen LogP contribution in [-0.2, 0) is 9.59 Å². The number of thiazole rings is 2. The summed E-state index contributed by atoms with van der Waals surface area (Å²) < 4.78 is 7.39. The van der Waals surface area contributed by atoms with Gasteiger partial charge in [-0.3, -0.25) is 9.59 Å². The number of thioether (sulfide) groups is 1. The number of methoxy groups -OCH3 is 1. The molecule has 160 valence electrons. The maximum Gasteiger partial charge on any atom is 0.234 e. The highest BCUT2D eigenvalue weighted by molar-refractivity contribution is 8.00. The lowest BCUT2D eigenvalue weighted by molar-refractivity contribution is -0.114. The first-order valence-electron chi connectivity index (χ1n) is 9.41. The first-order valence-corrected chi connectivity index (χ1v) is 12.2. The van der Waals surface area contributed by atoms with Gasteiger partial charge in [-0.05, 0) is 38.1 Å². The first-order chi connectivity index (χ1) is 14.9. The Labute approximate surface area is 191 Å². The summed E-state index contributed by atoms with van der Waals surface area (Å²) in [6, 6.07) is 9.32. The van der Waals surface area contributed by atoms with E-state index < -0.39 is 0 Å². The van der Waals surface area contributed by atoms with Crippen LogP contribution in [0.5, 0.6) is 5.75 Å². The Kier molecular flexibility index (Phi) is 6.40. The van der Waals surface area contributed by atoms with Gasteiger partial charge >= 0.3 is 0 Å². The largest absolute Gasteiger partial charge is 0.494 e. The van der Waals surface area contributed by atoms with E-state index in [0.29, 0.717) is 11.4 Å². The topological polar surface area (TPSA) is 93.2 Å². The SMILES string of the molecule is COc1cc2nc(C)sc2cc1NC(=O)CSCC(=O)Nc1ccc2nc(C)sc2c1. The van der Waals surface area contributed by atoms with E-state index in [1.807, 2.05) is 44.2 Å². The zero-order valence-corrected chi connectivity index (χ0v) is 19.6. The van der Waals surface area contributed by atoms with Crippen LogP contribution >= 0.6 is 34.4 Å². The number of anilines is 2. The third-order valence-corrected chi connectivity index (χ3v) is 7.14. The molecule has 0 saturated heterocycles. The summed E-state index contributed by atoms with van der Waals surface area (Å²) in [5, 5.41) is 7.67. The third kappa shape index (κ3) is 5.15. The lowest BCUT2D eigenvalue weighted by Gasteiger charge is -2.10. The Balaban J connectivity index is 1.30. The minimum Gasteiger partial charge on any atom is -0.494 e. The predicted molar refractivity (Wildman–Crippen MR) is 130 cm³/mol. The highest BCUT2D eigenvalue weighted by Crippen LogP contribution is 2.33. The fourth-order valence-electron chi connectivity index (χ4n) is 3.07. The molecule has 7 nitrogen and oxygen atoms in total. The first kappa shape index (κ1) is 21.5. The standard InChI is InChI=1S/C21H20N4O3S3/c1-11-22-14-5-4-13(6-18(14)30-11)24-20(26)9-29-10-21(27)25-15-8-19-16(7-17(15)28-3)23-12(2)31-19/h4-8H,9-10H2,1-3H3,(H,24,26)(H,25,27).